The Kier molecular flexibility index (Phi) is 5.48. The maximum atomic E-state index is 12.6. The molecule has 2 bridgehead atoms. The van der Waals surface area contributed by atoms with E-state index in [0.717, 1.165) is 30.3 Å². The molecule has 5 heteroatoms. The lowest BCUT2D eigenvalue weighted by Gasteiger charge is -2.43. The van der Waals surface area contributed by atoms with E-state index >= 15 is 0 Å². The third kappa shape index (κ3) is 3.51. The van der Waals surface area contributed by atoms with Crippen molar-refractivity contribution in [1.29, 1.82) is 0 Å². The van der Waals surface area contributed by atoms with Gasteiger partial charge in [0.05, 0.1) is 13.0 Å². The fraction of sp³-hybridized carbons (Fsp3) is 0.500. The van der Waals surface area contributed by atoms with Gasteiger partial charge in [0, 0.05) is 32.6 Å². The molecule has 124 valence electrons. The van der Waals surface area contributed by atoms with Gasteiger partial charge in [0.15, 0.2) is 0 Å². The zero-order valence-electron chi connectivity index (χ0n) is 13.2. The lowest BCUT2D eigenvalue weighted by molar-refractivity contribution is -0.150. The highest BCUT2D eigenvalue weighted by Gasteiger charge is 2.50. The first-order valence-electron chi connectivity index (χ1n) is 7.93. The molecule has 1 aromatic carbocycles. The van der Waals surface area contributed by atoms with Crippen molar-refractivity contribution in [3.05, 3.63) is 44.5 Å². The van der Waals surface area contributed by atoms with E-state index in [-0.39, 0.29) is 23.8 Å². The fourth-order valence-electron chi connectivity index (χ4n) is 4.27. The van der Waals surface area contributed by atoms with Crippen LogP contribution in [0.25, 0.3) is 0 Å². The largest absolute Gasteiger partial charge is 0.469 e. The molecule has 2 heterocycles. The van der Waals surface area contributed by atoms with Gasteiger partial charge in [-0.25, -0.2) is 0 Å². The van der Waals surface area contributed by atoms with Gasteiger partial charge in [-0.05, 0) is 59.5 Å². The Morgan fingerprint density at radius 3 is 2.70 bits per heavy atom. The number of piperidine rings is 1. The standard InChI is InChI=1S/C18H21BrINO2/c1-11(19)10-21-14-7-8-16(21)17(18(22)23-2)15(9-14)12-3-5-13(20)6-4-12/h3-6,14-17H,1,7-10H2,2H3/t14?,15?,16?,17-/m0/s1. The summed E-state index contributed by atoms with van der Waals surface area (Å²) in [5.41, 5.74) is 1.26. The Morgan fingerprint density at radius 1 is 1.39 bits per heavy atom. The van der Waals surface area contributed by atoms with Crippen molar-refractivity contribution in [3.63, 3.8) is 0 Å². The van der Waals surface area contributed by atoms with Gasteiger partial charge in [-0.1, -0.05) is 34.6 Å². The minimum Gasteiger partial charge on any atom is -0.469 e. The Labute approximate surface area is 159 Å². The smallest absolute Gasteiger partial charge is 0.310 e. The van der Waals surface area contributed by atoms with Gasteiger partial charge in [-0.15, -0.1) is 0 Å². The molecule has 0 aromatic heterocycles. The second-order valence-corrected chi connectivity index (χ2v) is 8.80. The number of rotatable bonds is 4. The van der Waals surface area contributed by atoms with Crippen LogP contribution >= 0.6 is 38.5 Å². The van der Waals surface area contributed by atoms with E-state index in [0.29, 0.717) is 6.04 Å². The molecule has 3 rings (SSSR count). The molecule has 0 amide bonds. The zero-order chi connectivity index (χ0) is 16.6. The number of esters is 1. The Bertz CT molecular complexity index is 604. The van der Waals surface area contributed by atoms with Crippen molar-refractivity contribution in [1.82, 2.24) is 4.90 Å². The molecule has 0 saturated carbocycles. The number of benzene rings is 1. The molecule has 0 N–H and O–H groups in total. The van der Waals surface area contributed by atoms with Gasteiger partial charge < -0.3 is 4.74 Å². The number of nitrogens with zero attached hydrogens (tertiary/aromatic N) is 1. The monoisotopic (exact) mass is 489 g/mol. The number of halogens is 2. The number of ether oxygens (including phenoxy) is 1. The van der Waals surface area contributed by atoms with E-state index in [1.54, 1.807) is 0 Å². The molecule has 2 aliphatic rings. The summed E-state index contributed by atoms with van der Waals surface area (Å²) in [6.07, 6.45) is 3.22. The summed E-state index contributed by atoms with van der Waals surface area (Å²) in [5, 5.41) is 0. The molecular weight excluding hydrogens is 469 g/mol. The minimum absolute atomic E-state index is 0.0796. The van der Waals surface area contributed by atoms with Gasteiger partial charge in [0.2, 0.25) is 0 Å². The molecular formula is C18H21BrINO2. The molecule has 2 fully saturated rings. The molecule has 3 unspecified atom stereocenters. The average Bonchev–Trinajstić information content (AvgIpc) is 2.79. The molecule has 2 aliphatic heterocycles. The highest BCUT2D eigenvalue weighted by molar-refractivity contribution is 14.1. The van der Waals surface area contributed by atoms with Gasteiger partial charge in [0.1, 0.15) is 0 Å². The quantitative estimate of drug-likeness (QED) is 0.466. The molecule has 0 aliphatic carbocycles. The third-order valence-corrected chi connectivity index (χ3v) is 6.16. The van der Waals surface area contributed by atoms with Crippen LogP contribution < -0.4 is 0 Å². The molecule has 0 radical (unpaired) electrons. The number of fused-ring (bicyclic) bond motifs is 2. The summed E-state index contributed by atoms with van der Waals surface area (Å²) < 4.78 is 7.36. The van der Waals surface area contributed by atoms with Crippen LogP contribution in [-0.2, 0) is 9.53 Å². The average molecular weight is 490 g/mol. The molecule has 2 saturated heterocycles. The van der Waals surface area contributed by atoms with Crippen LogP contribution in [0, 0.1) is 9.49 Å². The summed E-state index contributed by atoms with van der Waals surface area (Å²) in [6.45, 7) is 4.79. The Morgan fingerprint density at radius 2 is 2.09 bits per heavy atom. The maximum Gasteiger partial charge on any atom is 0.310 e. The number of hydrogen-bond acceptors (Lipinski definition) is 3. The number of hydrogen-bond donors (Lipinski definition) is 0. The topological polar surface area (TPSA) is 29.5 Å². The lowest BCUT2D eigenvalue weighted by atomic mass is 9.76. The van der Waals surface area contributed by atoms with Crippen molar-refractivity contribution >= 4 is 44.5 Å². The predicted molar refractivity (Wildman–Crippen MR) is 104 cm³/mol. The van der Waals surface area contributed by atoms with E-state index in [9.17, 15) is 4.79 Å². The first kappa shape index (κ1) is 17.4. The molecule has 1 aromatic rings. The van der Waals surface area contributed by atoms with Gasteiger partial charge in [-0.2, -0.15) is 0 Å². The summed E-state index contributed by atoms with van der Waals surface area (Å²) in [4.78, 5) is 15.0. The van der Waals surface area contributed by atoms with E-state index in [4.69, 9.17) is 4.74 Å². The van der Waals surface area contributed by atoms with Crippen molar-refractivity contribution in [3.8, 4) is 0 Å². The molecule has 4 atom stereocenters. The first-order chi connectivity index (χ1) is 11.0. The molecule has 3 nitrogen and oxygen atoms in total. The fourth-order valence-corrected chi connectivity index (χ4v) is 4.92. The summed E-state index contributed by atoms with van der Waals surface area (Å²) >= 11 is 5.80. The molecule has 0 spiro atoms. The van der Waals surface area contributed by atoms with Crippen LogP contribution in [0.1, 0.15) is 30.7 Å². The van der Waals surface area contributed by atoms with Gasteiger partial charge in [0.25, 0.3) is 0 Å². The van der Waals surface area contributed by atoms with E-state index in [2.05, 4.69) is 74.3 Å². The van der Waals surface area contributed by atoms with E-state index < -0.39 is 0 Å². The van der Waals surface area contributed by atoms with Gasteiger partial charge >= 0.3 is 5.97 Å². The van der Waals surface area contributed by atoms with Crippen LogP contribution in [0.5, 0.6) is 0 Å². The highest BCUT2D eigenvalue weighted by atomic mass is 127. The minimum atomic E-state index is -0.0920. The maximum absolute atomic E-state index is 12.6. The zero-order valence-corrected chi connectivity index (χ0v) is 16.9. The number of carbonyl (C=O) groups excluding carboxylic acids is 1. The normalized spacial score (nSPS) is 30.2. The van der Waals surface area contributed by atoms with Crippen LogP contribution in [0.2, 0.25) is 0 Å². The number of carbonyl (C=O) groups is 1. The van der Waals surface area contributed by atoms with E-state index in [1.165, 1.54) is 16.2 Å². The highest BCUT2D eigenvalue weighted by Crippen LogP contribution is 2.47. The lowest BCUT2D eigenvalue weighted by Crippen LogP contribution is -2.51. The summed E-state index contributed by atoms with van der Waals surface area (Å²) in [6, 6.07) is 9.36. The van der Waals surface area contributed by atoms with E-state index in [1.807, 2.05) is 0 Å². The summed E-state index contributed by atoms with van der Waals surface area (Å²) in [7, 11) is 1.50. The number of methoxy groups -OCH3 is 1. The van der Waals surface area contributed by atoms with Gasteiger partial charge in [-0.3, -0.25) is 9.69 Å². The molecule has 23 heavy (non-hydrogen) atoms. The van der Waals surface area contributed by atoms with Crippen molar-refractivity contribution in [2.45, 2.75) is 37.3 Å². The Balaban J connectivity index is 1.93. The predicted octanol–water partition coefficient (Wildman–Crippen LogP) is 4.31. The Hall–Kier alpha value is -0.400. The van der Waals surface area contributed by atoms with Crippen molar-refractivity contribution in [2.75, 3.05) is 13.7 Å². The van der Waals surface area contributed by atoms with Crippen LogP contribution in [0.15, 0.2) is 35.3 Å². The van der Waals surface area contributed by atoms with Crippen LogP contribution in [-0.4, -0.2) is 36.6 Å². The second-order valence-electron chi connectivity index (χ2n) is 6.43. The van der Waals surface area contributed by atoms with Crippen molar-refractivity contribution in [2.24, 2.45) is 5.92 Å². The van der Waals surface area contributed by atoms with Crippen LogP contribution in [0.4, 0.5) is 0 Å². The third-order valence-electron chi connectivity index (χ3n) is 5.19. The van der Waals surface area contributed by atoms with Crippen molar-refractivity contribution < 1.29 is 9.53 Å². The second kappa shape index (κ2) is 7.23. The SMILES string of the molecule is C=C(Br)CN1C2CCC1[C@@H](C(=O)OC)C(c1ccc(I)cc1)C2. The van der Waals surface area contributed by atoms with Crippen LogP contribution in [0.3, 0.4) is 0 Å². The summed E-state index contributed by atoms with van der Waals surface area (Å²) in [5.74, 6) is 0.0755. The first-order valence-corrected chi connectivity index (χ1v) is 9.80.